The zero-order chi connectivity index (χ0) is 14.8. The van der Waals surface area contributed by atoms with E-state index in [4.69, 9.17) is 4.74 Å². The van der Waals surface area contributed by atoms with Crippen molar-refractivity contribution < 1.29 is 14.3 Å². The van der Waals surface area contributed by atoms with Crippen LogP contribution in [0.4, 0.5) is 9.59 Å². The van der Waals surface area contributed by atoms with Crippen LogP contribution < -0.4 is 10.1 Å². The lowest BCUT2D eigenvalue weighted by molar-refractivity contribution is 0.160. The van der Waals surface area contributed by atoms with Crippen molar-refractivity contribution in [1.82, 2.24) is 20.1 Å². The zero-order valence-corrected chi connectivity index (χ0v) is 11.9. The van der Waals surface area contributed by atoms with E-state index in [9.17, 15) is 9.59 Å². The summed E-state index contributed by atoms with van der Waals surface area (Å²) in [6, 6.07) is 5.05. The first-order chi connectivity index (χ1) is 10.1. The van der Waals surface area contributed by atoms with E-state index in [1.165, 1.54) is 4.90 Å². The van der Waals surface area contributed by atoms with Crippen LogP contribution >= 0.6 is 0 Å². The molecule has 0 bridgehead atoms. The van der Waals surface area contributed by atoms with Crippen LogP contribution in [0.25, 0.3) is 0 Å². The van der Waals surface area contributed by atoms with E-state index in [1.807, 2.05) is 25.1 Å². The molecule has 1 unspecified atom stereocenters. The van der Waals surface area contributed by atoms with E-state index in [1.54, 1.807) is 4.90 Å². The van der Waals surface area contributed by atoms with Crippen molar-refractivity contribution in [2.75, 3.05) is 26.2 Å². The monoisotopic (exact) mass is 290 g/mol. The molecule has 1 atom stereocenters. The first-order valence-electron chi connectivity index (χ1n) is 7.08. The summed E-state index contributed by atoms with van der Waals surface area (Å²) in [7, 11) is 0. The van der Waals surface area contributed by atoms with Gasteiger partial charge in [0.2, 0.25) is 5.88 Å². The van der Waals surface area contributed by atoms with E-state index >= 15 is 0 Å². The van der Waals surface area contributed by atoms with Gasteiger partial charge in [-0.25, -0.2) is 19.5 Å². The predicted molar refractivity (Wildman–Crippen MR) is 75.1 cm³/mol. The minimum Gasteiger partial charge on any atom is -0.472 e. The first kappa shape index (κ1) is 13.7. The molecular formula is C14H18N4O3. The van der Waals surface area contributed by atoms with Crippen LogP contribution in [-0.2, 0) is 0 Å². The van der Waals surface area contributed by atoms with E-state index in [0.717, 1.165) is 12.1 Å². The number of carbonyl (C=O) groups is 2. The van der Waals surface area contributed by atoms with E-state index < -0.39 is 0 Å². The van der Waals surface area contributed by atoms with Crippen LogP contribution in [0.15, 0.2) is 18.2 Å². The smallest absolute Gasteiger partial charge is 0.328 e. The number of rotatable bonds is 2. The van der Waals surface area contributed by atoms with Crippen molar-refractivity contribution in [3.63, 3.8) is 0 Å². The highest BCUT2D eigenvalue weighted by molar-refractivity contribution is 5.95. The van der Waals surface area contributed by atoms with Gasteiger partial charge in [-0.1, -0.05) is 6.07 Å². The van der Waals surface area contributed by atoms with Crippen molar-refractivity contribution in [1.29, 1.82) is 0 Å². The fraction of sp³-hybridized carbons (Fsp3) is 0.500. The number of aryl methyl sites for hydroxylation is 1. The Morgan fingerprint density at radius 3 is 3.00 bits per heavy atom. The molecule has 21 heavy (non-hydrogen) atoms. The lowest BCUT2D eigenvalue weighted by Crippen LogP contribution is -2.44. The van der Waals surface area contributed by atoms with Crippen molar-refractivity contribution in [3.05, 3.63) is 23.9 Å². The van der Waals surface area contributed by atoms with Gasteiger partial charge in [-0.2, -0.15) is 0 Å². The lowest BCUT2D eigenvalue weighted by Gasteiger charge is -2.21. The Morgan fingerprint density at radius 2 is 2.29 bits per heavy atom. The number of hydrogen-bond acceptors (Lipinski definition) is 4. The summed E-state index contributed by atoms with van der Waals surface area (Å²) in [6.07, 6.45) is 0.672. The average Bonchev–Trinajstić information content (AvgIpc) is 3.07. The number of nitrogens with one attached hydrogen (secondary N) is 1. The molecular weight excluding hydrogens is 272 g/mol. The number of carbonyl (C=O) groups excluding carboxylic acids is 2. The Balaban J connectivity index is 1.58. The number of imide groups is 1. The summed E-state index contributed by atoms with van der Waals surface area (Å²) < 4.78 is 5.80. The minimum atomic E-state index is -0.315. The highest BCUT2D eigenvalue weighted by atomic mass is 16.5. The number of nitrogens with zero attached hydrogens (tertiary/aromatic N) is 3. The molecule has 0 radical (unpaired) electrons. The second-order valence-corrected chi connectivity index (χ2v) is 5.26. The van der Waals surface area contributed by atoms with Crippen LogP contribution in [0.1, 0.15) is 12.1 Å². The summed E-state index contributed by atoms with van der Waals surface area (Å²) in [4.78, 5) is 30.9. The summed E-state index contributed by atoms with van der Waals surface area (Å²) in [5, 5.41) is 2.63. The Labute approximate surface area is 122 Å². The molecule has 0 aliphatic carbocycles. The van der Waals surface area contributed by atoms with Crippen LogP contribution in [0, 0.1) is 6.92 Å². The number of aromatic nitrogens is 1. The molecule has 2 fully saturated rings. The lowest BCUT2D eigenvalue weighted by atomic mass is 10.3. The van der Waals surface area contributed by atoms with Gasteiger partial charge in [-0.15, -0.1) is 0 Å². The number of amides is 4. The molecule has 7 nitrogen and oxygen atoms in total. The van der Waals surface area contributed by atoms with E-state index in [-0.39, 0.29) is 18.2 Å². The van der Waals surface area contributed by atoms with Crippen LogP contribution in [0.5, 0.6) is 5.88 Å². The van der Waals surface area contributed by atoms with E-state index in [0.29, 0.717) is 32.1 Å². The maximum absolute atomic E-state index is 12.2. The first-order valence-corrected chi connectivity index (χ1v) is 7.08. The third-order valence-corrected chi connectivity index (χ3v) is 3.65. The van der Waals surface area contributed by atoms with Crippen molar-refractivity contribution in [2.24, 2.45) is 0 Å². The normalized spacial score (nSPS) is 21.6. The van der Waals surface area contributed by atoms with Gasteiger partial charge < -0.3 is 15.0 Å². The standard InChI is InChI=1S/C14H18N4O3/c1-10-3-2-4-12(16-10)21-11-5-7-17(9-11)14(20)18-8-6-15-13(18)19/h2-4,11H,5-9H2,1H3,(H,15,19). The minimum absolute atomic E-state index is 0.0751. The molecule has 4 amide bonds. The molecule has 0 spiro atoms. The maximum atomic E-state index is 12.2. The van der Waals surface area contributed by atoms with E-state index in [2.05, 4.69) is 10.3 Å². The number of pyridine rings is 1. The Bertz CT molecular complexity index is 563. The van der Waals surface area contributed by atoms with Crippen LogP contribution in [-0.4, -0.2) is 59.1 Å². The second-order valence-electron chi connectivity index (χ2n) is 5.26. The molecule has 3 rings (SSSR count). The van der Waals surface area contributed by atoms with Gasteiger partial charge in [-0.3, -0.25) is 0 Å². The number of likely N-dealkylation sites (tertiary alicyclic amines) is 1. The molecule has 3 heterocycles. The summed E-state index contributed by atoms with van der Waals surface area (Å²) in [5.41, 5.74) is 0.896. The summed E-state index contributed by atoms with van der Waals surface area (Å²) in [6.45, 7) is 3.94. The molecule has 2 aliphatic heterocycles. The maximum Gasteiger partial charge on any atom is 0.328 e. The van der Waals surface area contributed by atoms with Gasteiger partial charge in [0, 0.05) is 37.8 Å². The largest absolute Gasteiger partial charge is 0.472 e. The third-order valence-electron chi connectivity index (χ3n) is 3.65. The van der Waals surface area contributed by atoms with Gasteiger partial charge in [0.15, 0.2) is 0 Å². The molecule has 7 heteroatoms. The quantitative estimate of drug-likeness (QED) is 0.881. The van der Waals surface area contributed by atoms with Gasteiger partial charge in [0.05, 0.1) is 6.54 Å². The number of ether oxygens (including phenoxy) is 1. The molecule has 1 aromatic heterocycles. The number of urea groups is 2. The molecule has 0 saturated carbocycles. The Morgan fingerprint density at radius 1 is 1.43 bits per heavy atom. The fourth-order valence-corrected chi connectivity index (χ4v) is 2.58. The predicted octanol–water partition coefficient (Wildman–Crippen LogP) is 0.988. The van der Waals surface area contributed by atoms with Crippen molar-refractivity contribution >= 4 is 12.1 Å². The Hall–Kier alpha value is -2.31. The fourth-order valence-electron chi connectivity index (χ4n) is 2.58. The highest BCUT2D eigenvalue weighted by Crippen LogP contribution is 2.18. The van der Waals surface area contributed by atoms with Crippen molar-refractivity contribution in [2.45, 2.75) is 19.4 Å². The van der Waals surface area contributed by atoms with Crippen LogP contribution in [0.2, 0.25) is 0 Å². The SMILES string of the molecule is Cc1cccc(OC2CCN(C(=O)N3CCNC3=O)C2)n1. The summed E-state index contributed by atoms with van der Waals surface area (Å²) in [5.74, 6) is 0.577. The van der Waals surface area contributed by atoms with Crippen LogP contribution in [0.3, 0.4) is 0 Å². The van der Waals surface area contributed by atoms with Gasteiger partial charge in [-0.05, 0) is 13.0 Å². The molecule has 0 aromatic carbocycles. The van der Waals surface area contributed by atoms with Crippen molar-refractivity contribution in [3.8, 4) is 5.88 Å². The van der Waals surface area contributed by atoms with Gasteiger partial charge in [0.1, 0.15) is 6.10 Å². The molecule has 112 valence electrons. The summed E-state index contributed by atoms with van der Waals surface area (Å²) >= 11 is 0. The molecule has 1 aromatic rings. The topological polar surface area (TPSA) is 74.8 Å². The van der Waals surface area contributed by atoms with Gasteiger partial charge >= 0.3 is 12.1 Å². The molecule has 2 saturated heterocycles. The average molecular weight is 290 g/mol. The molecule has 1 N–H and O–H groups in total. The second kappa shape index (κ2) is 5.59. The Kier molecular flexibility index (Phi) is 3.64. The molecule has 2 aliphatic rings. The number of hydrogen-bond donors (Lipinski definition) is 1. The highest BCUT2D eigenvalue weighted by Gasteiger charge is 2.35. The third kappa shape index (κ3) is 2.91. The zero-order valence-electron chi connectivity index (χ0n) is 11.9. The van der Waals surface area contributed by atoms with Gasteiger partial charge in [0.25, 0.3) is 0 Å².